The molecule has 0 amide bonds. The molecular formula is C10H19NO. The number of hydrogen-bond acceptors (Lipinski definition) is 2. The van der Waals surface area contributed by atoms with E-state index in [1.807, 2.05) is 19.2 Å². The van der Waals surface area contributed by atoms with E-state index in [4.69, 9.17) is 0 Å². The van der Waals surface area contributed by atoms with Crippen molar-refractivity contribution in [2.75, 3.05) is 6.54 Å². The Hall–Kier alpha value is -0.500. The van der Waals surface area contributed by atoms with Gasteiger partial charge in [0.05, 0.1) is 0 Å². The molecule has 1 atom stereocenters. The van der Waals surface area contributed by atoms with Crippen LogP contribution < -0.4 is 0 Å². The van der Waals surface area contributed by atoms with Crippen molar-refractivity contribution < 1.29 is 5.11 Å². The third-order valence-corrected chi connectivity index (χ3v) is 2.39. The van der Waals surface area contributed by atoms with Gasteiger partial charge in [-0.1, -0.05) is 26.8 Å². The van der Waals surface area contributed by atoms with Crippen LogP contribution in [0.25, 0.3) is 0 Å². The lowest BCUT2D eigenvalue weighted by molar-refractivity contribution is -0.0757. The molecule has 0 aromatic heterocycles. The second kappa shape index (κ2) is 3.48. The summed E-state index contributed by atoms with van der Waals surface area (Å²) in [6, 6.07) is 0. The minimum Gasteiger partial charge on any atom is -0.371 e. The molecule has 0 spiro atoms. The predicted molar refractivity (Wildman–Crippen MR) is 50.5 cm³/mol. The number of hydrogen-bond donors (Lipinski definition) is 1. The van der Waals surface area contributed by atoms with Crippen molar-refractivity contribution in [3.8, 4) is 0 Å². The second-order valence-corrected chi connectivity index (χ2v) is 3.97. The van der Waals surface area contributed by atoms with Gasteiger partial charge in [0.25, 0.3) is 0 Å². The van der Waals surface area contributed by atoms with Gasteiger partial charge in [0.1, 0.15) is 5.72 Å². The average Bonchev–Trinajstić information content (AvgIpc) is 2.33. The van der Waals surface area contributed by atoms with Crippen LogP contribution in [-0.4, -0.2) is 22.3 Å². The Morgan fingerprint density at radius 2 is 2.25 bits per heavy atom. The summed E-state index contributed by atoms with van der Waals surface area (Å²) in [7, 11) is 0. The van der Waals surface area contributed by atoms with Gasteiger partial charge in [-0.25, -0.2) is 0 Å². The van der Waals surface area contributed by atoms with Gasteiger partial charge in [0.2, 0.25) is 0 Å². The number of aliphatic hydroxyl groups is 1. The zero-order valence-electron chi connectivity index (χ0n) is 8.25. The molecule has 1 N–H and O–H groups in total. The lowest BCUT2D eigenvalue weighted by Crippen LogP contribution is -2.43. The van der Waals surface area contributed by atoms with Gasteiger partial charge >= 0.3 is 0 Å². The van der Waals surface area contributed by atoms with Crippen LogP contribution in [0.5, 0.6) is 0 Å². The van der Waals surface area contributed by atoms with Crippen LogP contribution >= 0.6 is 0 Å². The van der Waals surface area contributed by atoms with Gasteiger partial charge in [-0.2, -0.15) is 0 Å². The van der Waals surface area contributed by atoms with Crippen LogP contribution in [0.3, 0.4) is 0 Å². The molecule has 0 fully saturated rings. The summed E-state index contributed by atoms with van der Waals surface area (Å²) in [6.07, 6.45) is 5.64. The Labute approximate surface area is 74.9 Å². The molecule has 0 aromatic carbocycles. The first-order valence-corrected chi connectivity index (χ1v) is 4.74. The van der Waals surface area contributed by atoms with Crippen molar-refractivity contribution in [1.29, 1.82) is 0 Å². The monoisotopic (exact) mass is 169 g/mol. The summed E-state index contributed by atoms with van der Waals surface area (Å²) in [5.74, 6) is 0.603. The maximum absolute atomic E-state index is 10.1. The summed E-state index contributed by atoms with van der Waals surface area (Å²) in [4.78, 5) is 2.05. The minimum absolute atomic E-state index is 0.593. The summed E-state index contributed by atoms with van der Waals surface area (Å²) >= 11 is 0. The molecule has 0 saturated carbocycles. The molecular weight excluding hydrogens is 150 g/mol. The highest BCUT2D eigenvalue weighted by molar-refractivity contribution is 5.02. The van der Waals surface area contributed by atoms with Crippen molar-refractivity contribution in [3.05, 3.63) is 12.3 Å². The predicted octanol–water partition coefficient (Wildman–Crippen LogP) is 1.96. The van der Waals surface area contributed by atoms with E-state index >= 15 is 0 Å². The van der Waals surface area contributed by atoms with Gasteiger partial charge in [-0.15, -0.1) is 0 Å². The fraction of sp³-hybridized carbons (Fsp3) is 0.800. The molecule has 1 aliphatic heterocycles. The number of nitrogens with zero attached hydrogens (tertiary/aromatic N) is 1. The Morgan fingerprint density at radius 3 is 2.75 bits per heavy atom. The van der Waals surface area contributed by atoms with E-state index in [0.717, 1.165) is 19.4 Å². The van der Waals surface area contributed by atoms with Gasteiger partial charge < -0.3 is 10.0 Å². The zero-order valence-corrected chi connectivity index (χ0v) is 8.25. The largest absolute Gasteiger partial charge is 0.371 e. The standard InChI is InChI=1S/C10H19NO/c1-4-10(12)6-5-7-11(10)8-9(2)3/h5,7,9,12H,4,6,8H2,1-3H3. The number of rotatable bonds is 3. The zero-order chi connectivity index (χ0) is 9.19. The van der Waals surface area contributed by atoms with Gasteiger partial charge in [0, 0.05) is 13.0 Å². The maximum atomic E-state index is 10.1. The normalized spacial score (nSPS) is 28.9. The van der Waals surface area contributed by atoms with Crippen molar-refractivity contribution in [1.82, 2.24) is 4.90 Å². The van der Waals surface area contributed by atoms with Crippen LogP contribution in [0.1, 0.15) is 33.6 Å². The molecule has 2 nitrogen and oxygen atoms in total. The molecule has 0 bridgehead atoms. The first-order chi connectivity index (χ1) is 5.58. The lowest BCUT2D eigenvalue weighted by atomic mass is 10.1. The Kier molecular flexibility index (Phi) is 2.78. The van der Waals surface area contributed by atoms with Crippen molar-refractivity contribution in [3.63, 3.8) is 0 Å². The third kappa shape index (κ3) is 1.81. The maximum Gasteiger partial charge on any atom is 0.140 e. The molecule has 70 valence electrons. The van der Waals surface area contributed by atoms with Crippen molar-refractivity contribution >= 4 is 0 Å². The first-order valence-electron chi connectivity index (χ1n) is 4.74. The van der Waals surface area contributed by atoms with Crippen LogP contribution in [0, 0.1) is 5.92 Å². The van der Waals surface area contributed by atoms with Crippen LogP contribution in [0.4, 0.5) is 0 Å². The Balaban J connectivity index is 2.56. The molecule has 1 rings (SSSR count). The molecule has 2 heteroatoms. The lowest BCUT2D eigenvalue weighted by Gasteiger charge is -2.35. The van der Waals surface area contributed by atoms with E-state index in [2.05, 4.69) is 18.7 Å². The molecule has 0 radical (unpaired) electrons. The fourth-order valence-electron chi connectivity index (χ4n) is 1.60. The fourth-order valence-corrected chi connectivity index (χ4v) is 1.60. The van der Waals surface area contributed by atoms with Crippen molar-refractivity contribution in [2.24, 2.45) is 5.92 Å². The van der Waals surface area contributed by atoms with Crippen molar-refractivity contribution in [2.45, 2.75) is 39.3 Å². The topological polar surface area (TPSA) is 23.5 Å². The van der Waals surface area contributed by atoms with Gasteiger partial charge in [-0.3, -0.25) is 0 Å². The molecule has 0 aromatic rings. The van der Waals surface area contributed by atoms with E-state index in [1.165, 1.54) is 0 Å². The van der Waals surface area contributed by atoms with E-state index in [9.17, 15) is 5.11 Å². The summed E-state index contributed by atoms with van der Waals surface area (Å²) in [6.45, 7) is 7.31. The highest BCUT2D eigenvalue weighted by Crippen LogP contribution is 2.28. The Bertz CT molecular complexity index is 177. The summed E-state index contributed by atoms with van der Waals surface area (Å²) in [5, 5.41) is 10.1. The molecule has 0 aliphatic carbocycles. The second-order valence-electron chi connectivity index (χ2n) is 3.97. The van der Waals surface area contributed by atoms with Gasteiger partial charge in [-0.05, 0) is 18.5 Å². The summed E-state index contributed by atoms with van der Waals surface area (Å²) < 4.78 is 0. The van der Waals surface area contributed by atoms with Crippen LogP contribution in [0.15, 0.2) is 12.3 Å². The van der Waals surface area contributed by atoms with E-state index in [-0.39, 0.29) is 0 Å². The smallest absolute Gasteiger partial charge is 0.140 e. The molecule has 12 heavy (non-hydrogen) atoms. The molecule has 1 aliphatic rings. The quantitative estimate of drug-likeness (QED) is 0.698. The van der Waals surface area contributed by atoms with E-state index in [0.29, 0.717) is 5.92 Å². The highest BCUT2D eigenvalue weighted by Gasteiger charge is 2.32. The minimum atomic E-state index is -0.593. The third-order valence-electron chi connectivity index (χ3n) is 2.39. The van der Waals surface area contributed by atoms with E-state index < -0.39 is 5.72 Å². The summed E-state index contributed by atoms with van der Waals surface area (Å²) in [5.41, 5.74) is -0.593. The molecule has 1 unspecified atom stereocenters. The van der Waals surface area contributed by atoms with Crippen LogP contribution in [0.2, 0.25) is 0 Å². The molecule has 0 saturated heterocycles. The van der Waals surface area contributed by atoms with E-state index in [1.54, 1.807) is 0 Å². The highest BCUT2D eigenvalue weighted by atomic mass is 16.3. The Morgan fingerprint density at radius 1 is 1.58 bits per heavy atom. The van der Waals surface area contributed by atoms with Crippen LogP contribution in [-0.2, 0) is 0 Å². The SMILES string of the molecule is CCC1(O)CC=CN1CC(C)C. The average molecular weight is 169 g/mol. The first kappa shape index (κ1) is 9.59. The molecule has 1 heterocycles. The van der Waals surface area contributed by atoms with Gasteiger partial charge in [0.15, 0.2) is 0 Å².